The number of pyridine rings is 1. The molecule has 6 heteroatoms. The van der Waals surface area contributed by atoms with Gasteiger partial charge in [0, 0.05) is 25.0 Å². The Kier molecular flexibility index (Phi) is 5.99. The minimum atomic E-state index is -0.265. The van der Waals surface area contributed by atoms with Crippen LogP contribution in [-0.2, 0) is 11.3 Å². The Labute approximate surface area is 124 Å². The van der Waals surface area contributed by atoms with Crippen LogP contribution < -0.4 is 16.0 Å². The molecule has 114 valence electrons. The van der Waals surface area contributed by atoms with Gasteiger partial charge in [-0.05, 0) is 24.5 Å². The summed E-state index contributed by atoms with van der Waals surface area (Å²) in [4.78, 5) is 27.3. The van der Waals surface area contributed by atoms with Crippen LogP contribution in [0.1, 0.15) is 37.7 Å². The molecule has 0 atom stereocenters. The van der Waals surface area contributed by atoms with Gasteiger partial charge in [0.25, 0.3) is 0 Å². The fourth-order valence-electron chi connectivity index (χ4n) is 2.41. The molecule has 1 aliphatic carbocycles. The molecule has 6 nitrogen and oxygen atoms in total. The molecule has 0 unspecified atom stereocenters. The van der Waals surface area contributed by atoms with E-state index in [1.807, 2.05) is 12.1 Å². The molecule has 1 aromatic heterocycles. The minimum absolute atomic E-state index is 0.0151. The predicted octanol–water partition coefficient (Wildman–Crippen LogP) is 1.33. The third kappa shape index (κ3) is 5.81. The van der Waals surface area contributed by atoms with Gasteiger partial charge in [0.2, 0.25) is 5.91 Å². The molecule has 1 saturated carbocycles. The second kappa shape index (κ2) is 8.24. The molecule has 1 heterocycles. The molecule has 0 aliphatic heterocycles. The van der Waals surface area contributed by atoms with Crippen molar-refractivity contribution in [2.75, 3.05) is 6.54 Å². The van der Waals surface area contributed by atoms with E-state index in [2.05, 4.69) is 20.9 Å². The average Bonchev–Trinajstić information content (AvgIpc) is 2.53. The molecule has 1 aromatic rings. The number of hydrogen-bond donors (Lipinski definition) is 3. The summed E-state index contributed by atoms with van der Waals surface area (Å²) in [6.45, 7) is 0.400. The van der Waals surface area contributed by atoms with Crippen LogP contribution in [0.25, 0.3) is 0 Å². The van der Waals surface area contributed by atoms with E-state index in [1.165, 1.54) is 6.42 Å². The van der Waals surface area contributed by atoms with E-state index in [0.29, 0.717) is 6.54 Å². The Hall–Kier alpha value is -2.11. The fraction of sp³-hybridized carbons (Fsp3) is 0.533. The van der Waals surface area contributed by atoms with Crippen molar-refractivity contribution < 1.29 is 9.59 Å². The maximum absolute atomic E-state index is 11.7. The van der Waals surface area contributed by atoms with Crippen LogP contribution in [0.3, 0.4) is 0 Å². The number of nitrogens with zero attached hydrogens (tertiary/aromatic N) is 1. The first-order valence-corrected chi connectivity index (χ1v) is 7.44. The predicted molar refractivity (Wildman–Crippen MR) is 79.5 cm³/mol. The maximum atomic E-state index is 11.7. The van der Waals surface area contributed by atoms with Crippen LogP contribution in [-0.4, -0.2) is 29.5 Å². The second-order valence-electron chi connectivity index (χ2n) is 5.30. The molecule has 0 radical (unpaired) electrons. The summed E-state index contributed by atoms with van der Waals surface area (Å²) in [6, 6.07) is 3.68. The highest BCUT2D eigenvalue weighted by molar-refractivity contribution is 5.83. The smallest absolute Gasteiger partial charge is 0.315 e. The van der Waals surface area contributed by atoms with Gasteiger partial charge in [-0.15, -0.1) is 0 Å². The van der Waals surface area contributed by atoms with Gasteiger partial charge >= 0.3 is 6.03 Å². The lowest BCUT2D eigenvalue weighted by Crippen LogP contribution is -2.46. The lowest BCUT2D eigenvalue weighted by atomic mass is 9.96. The zero-order valence-electron chi connectivity index (χ0n) is 12.1. The van der Waals surface area contributed by atoms with Crippen LogP contribution >= 0.6 is 0 Å². The third-order valence-electron chi connectivity index (χ3n) is 3.56. The van der Waals surface area contributed by atoms with Gasteiger partial charge in [-0.2, -0.15) is 0 Å². The molecule has 3 amide bonds. The summed E-state index contributed by atoms with van der Waals surface area (Å²) in [5.74, 6) is -0.211. The molecule has 0 aromatic carbocycles. The van der Waals surface area contributed by atoms with Gasteiger partial charge in [0.05, 0.1) is 6.54 Å². The first kappa shape index (κ1) is 15.3. The number of nitrogens with one attached hydrogen (secondary N) is 3. The van der Waals surface area contributed by atoms with E-state index >= 15 is 0 Å². The van der Waals surface area contributed by atoms with E-state index in [-0.39, 0.29) is 24.5 Å². The summed E-state index contributed by atoms with van der Waals surface area (Å²) < 4.78 is 0. The SMILES string of the molecule is O=C(CNC(=O)NC1CCCCC1)NCc1cccnc1. The van der Waals surface area contributed by atoms with Crippen molar-refractivity contribution >= 4 is 11.9 Å². The fourth-order valence-corrected chi connectivity index (χ4v) is 2.41. The van der Waals surface area contributed by atoms with Crippen molar-refractivity contribution in [2.24, 2.45) is 0 Å². The van der Waals surface area contributed by atoms with Crippen LogP contribution in [0.2, 0.25) is 0 Å². The lowest BCUT2D eigenvalue weighted by molar-refractivity contribution is -0.120. The molecule has 3 N–H and O–H groups in total. The topological polar surface area (TPSA) is 83.1 Å². The Morgan fingerprint density at radius 2 is 2.00 bits per heavy atom. The first-order valence-electron chi connectivity index (χ1n) is 7.44. The van der Waals surface area contributed by atoms with Gasteiger partial charge in [-0.25, -0.2) is 4.79 Å². The molecule has 1 fully saturated rings. The normalized spacial score (nSPS) is 15.2. The number of carbonyl (C=O) groups is 2. The van der Waals surface area contributed by atoms with Crippen LogP contribution in [0, 0.1) is 0 Å². The molecule has 21 heavy (non-hydrogen) atoms. The average molecular weight is 290 g/mol. The summed E-state index contributed by atoms with van der Waals surface area (Å²) in [6.07, 6.45) is 9.01. The van der Waals surface area contributed by atoms with Crippen molar-refractivity contribution in [2.45, 2.75) is 44.7 Å². The molecular formula is C15H22N4O2. The van der Waals surface area contributed by atoms with Crippen LogP contribution in [0.15, 0.2) is 24.5 Å². The van der Waals surface area contributed by atoms with Crippen molar-refractivity contribution in [3.8, 4) is 0 Å². The van der Waals surface area contributed by atoms with E-state index in [4.69, 9.17) is 0 Å². The molecule has 1 aliphatic rings. The Bertz CT molecular complexity index is 458. The number of aromatic nitrogens is 1. The highest BCUT2D eigenvalue weighted by atomic mass is 16.2. The van der Waals surface area contributed by atoms with Crippen molar-refractivity contribution in [1.82, 2.24) is 20.9 Å². The van der Waals surface area contributed by atoms with E-state index in [0.717, 1.165) is 31.2 Å². The second-order valence-corrected chi connectivity index (χ2v) is 5.30. The highest BCUT2D eigenvalue weighted by Gasteiger charge is 2.15. The van der Waals surface area contributed by atoms with Gasteiger partial charge in [-0.1, -0.05) is 25.3 Å². The summed E-state index contributed by atoms with van der Waals surface area (Å²) >= 11 is 0. The zero-order chi connectivity index (χ0) is 14.9. The lowest BCUT2D eigenvalue weighted by Gasteiger charge is -2.22. The monoisotopic (exact) mass is 290 g/mol. The maximum Gasteiger partial charge on any atom is 0.315 e. The largest absolute Gasteiger partial charge is 0.350 e. The van der Waals surface area contributed by atoms with Crippen LogP contribution in [0.4, 0.5) is 4.79 Å². The van der Waals surface area contributed by atoms with Crippen molar-refractivity contribution in [3.63, 3.8) is 0 Å². The van der Waals surface area contributed by atoms with Crippen molar-refractivity contribution in [3.05, 3.63) is 30.1 Å². The van der Waals surface area contributed by atoms with Gasteiger partial charge < -0.3 is 16.0 Å². The Morgan fingerprint density at radius 3 is 2.71 bits per heavy atom. The number of hydrogen-bond acceptors (Lipinski definition) is 3. The van der Waals surface area contributed by atoms with E-state index in [1.54, 1.807) is 12.4 Å². The quantitative estimate of drug-likeness (QED) is 0.765. The molecule has 0 spiro atoms. The number of amides is 3. The van der Waals surface area contributed by atoms with Gasteiger partial charge in [-0.3, -0.25) is 9.78 Å². The number of carbonyl (C=O) groups excluding carboxylic acids is 2. The Morgan fingerprint density at radius 1 is 1.19 bits per heavy atom. The summed E-state index contributed by atoms with van der Waals surface area (Å²) in [7, 11) is 0. The number of urea groups is 1. The molecule has 2 rings (SSSR count). The third-order valence-corrected chi connectivity index (χ3v) is 3.56. The van der Waals surface area contributed by atoms with E-state index < -0.39 is 0 Å². The van der Waals surface area contributed by atoms with Crippen LogP contribution in [0.5, 0.6) is 0 Å². The summed E-state index contributed by atoms with van der Waals surface area (Å²) in [5, 5.41) is 8.23. The molecular weight excluding hydrogens is 268 g/mol. The zero-order valence-corrected chi connectivity index (χ0v) is 12.1. The molecule has 0 saturated heterocycles. The van der Waals surface area contributed by atoms with Gasteiger partial charge in [0.1, 0.15) is 0 Å². The first-order chi connectivity index (χ1) is 10.2. The standard InChI is InChI=1S/C15H22N4O2/c20-14(17-10-12-5-4-8-16-9-12)11-18-15(21)19-13-6-2-1-3-7-13/h4-5,8-9,13H,1-3,6-7,10-11H2,(H,17,20)(H2,18,19,21). The minimum Gasteiger partial charge on any atom is -0.350 e. The summed E-state index contributed by atoms with van der Waals surface area (Å²) in [5.41, 5.74) is 0.928. The molecule has 0 bridgehead atoms. The van der Waals surface area contributed by atoms with Gasteiger partial charge in [0.15, 0.2) is 0 Å². The highest BCUT2D eigenvalue weighted by Crippen LogP contribution is 2.16. The number of rotatable bonds is 5. The van der Waals surface area contributed by atoms with E-state index in [9.17, 15) is 9.59 Å². The Balaban J connectivity index is 1.60. The van der Waals surface area contributed by atoms with Crippen molar-refractivity contribution in [1.29, 1.82) is 0 Å².